The number of aliphatic imine (C=N–C) groups is 1. The Kier molecular flexibility index (Phi) is 7.64. The van der Waals surface area contributed by atoms with E-state index in [1.165, 1.54) is 22.7 Å². The number of hydrogen-bond acceptors (Lipinski definition) is 6. The third-order valence-electron chi connectivity index (χ3n) is 4.72. The molecule has 31 heavy (non-hydrogen) atoms. The molecule has 0 aliphatic rings. The number of hydrogen-bond donors (Lipinski definition) is 1. The smallest absolute Gasteiger partial charge is 0.263 e. The number of aromatic hydroxyl groups is 1. The second-order valence-electron chi connectivity index (χ2n) is 7.05. The van der Waals surface area contributed by atoms with E-state index >= 15 is 0 Å². The molecule has 1 aromatic carbocycles. The number of ketones is 1. The van der Waals surface area contributed by atoms with Crippen molar-refractivity contribution in [2.24, 2.45) is 4.99 Å². The number of carbonyl (C=O) groups is 2. The van der Waals surface area contributed by atoms with Crippen molar-refractivity contribution in [3.63, 3.8) is 0 Å². The maximum atomic E-state index is 12.6. The van der Waals surface area contributed by atoms with Gasteiger partial charge >= 0.3 is 0 Å². The summed E-state index contributed by atoms with van der Waals surface area (Å²) in [7, 11) is 1.76. The number of thiophene rings is 2. The number of Topliss-reactive ketones (excluding diaryl/α,β-unsaturated/α-hetero) is 1. The normalized spacial score (nSPS) is 11.5. The Labute approximate surface area is 194 Å². The molecule has 2 aromatic heterocycles. The van der Waals surface area contributed by atoms with Crippen molar-refractivity contribution in [1.29, 1.82) is 0 Å². The molecule has 0 saturated carbocycles. The standard InChI is InChI=1S/C23H23ClN2O3S2/c1-4-11-26(3)23(29)20-10-9-19(31-20)18(27)12-25-14(2)17-13-30-22(21(17)28)15-5-7-16(24)8-6-15/h5-10,13,28H,4,11-12H2,1-3H3. The van der Waals surface area contributed by atoms with E-state index in [0.717, 1.165) is 16.9 Å². The SMILES string of the molecule is CCCN(C)C(=O)c1ccc(C(=O)CN=C(C)c2csc(-c3ccc(Cl)cc3)c2O)s1. The van der Waals surface area contributed by atoms with Gasteiger partial charge in [-0.15, -0.1) is 22.7 Å². The lowest BCUT2D eigenvalue weighted by molar-refractivity contribution is 0.0799. The summed E-state index contributed by atoms with van der Waals surface area (Å²) in [4.78, 5) is 32.7. The Morgan fingerprint density at radius 2 is 1.81 bits per heavy atom. The molecule has 0 unspecified atom stereocenters. The van der Waals surface area contributed by atoms with Crippen LogP contribution in [0.4, 0.5) is 0 Å². The van der Waals surface area contributed by atoms with E-state index in [9.17, 15) is 14.7 Å². The first kappa shape index (κ1) is 23.2. The molecule has 3 aromatic rings. The largest absolute Gasteiger partial charge is 0.506 e. The van der Waals surface area contributed by atoms with Gasteiger partial charge in [0.1, 0.15) is 12.3 Å². The zero-order chi connectivity index (χ0) is 22.5. The molecule has 1 amide bonds. The third kappa shape index (κ3) is 5.42. The molecule has 0 fully saturated rings. The minimum atomic E-state index is -0.158. The quantitative estimate of drug-likeness (QED) is 0.321. The summed E-state index contributed by atoms with van der Waals surface area (Å²) in [5, 5.41) is 13.1. The summed E-state index contributed by atoms with van der Waals surface area (Å²) < 4.78 is 0. The molecule has 162 valence electrons. The average Bonchev–Trinajstić information content (AvgIpc) is 3.39. The molecule has 8 heteroatoms. The van der Waals surface area contributed by atoms with Gasteiger partial charge in [-0.3, -0.25) is 14.6 Å². The molecular weight excluding hydrogens is 452 g/mol. The summed E-state index contributed by atoms with van der Waals surface area (Å²) in [6.45, 7) is 4.41. The van der Waals surface area contributed by atoms with Gasteiger partial charge in [-0.25, -0.2) is 0 Å². The van der Waals surface area contributed by atoms with Gasteiger partial charge in [0.25, 0.3) is 5.91 Å². The number of carbonyl (C=O) groups excluding carboxylic acids is 2. The number of halogens is 1. The first-order valence-electron chi connectivity index (χ1n) is 9.78. The van der Waals surface area contributed by atoms with Crippen LogP contribution in [0.5, 0.6) is 5.75 Å². The zero-order valence-electron chi connectivity index (χ0n) is 17.5. The summed E-state index contributed by atoms with van der Waals surface area (Å²) in [6.07, 6.45) is 0.878. The molecule has 0 bridgehead atoms. The molecule has 1 N–H and O–H groups in total. The van der Waals surface area contributed by atoms with Gasteiger partial charge in [-0.1, -0.05) is 30.7 Å². The van der Waals surface area contributed by atoms with E-state index in [1.54, 1.807) is 43.1 Å². The van der Waals surface area contributed by atoms with Crippen LogP contribution in [0, 0.1) is 0 Å². The van der Waals surface area contributed by atoms with E-state index < -0.39 is 0 Å². The van der Waals surface area contributed by atoms with Gasteiger partial charge in [0.15, 0.2) is 5.78 Å². The van der Waals surface area contributed by atoms with Crippen LogP contribution in [0.25, 0.3) is 10.4 Å². The zero-order valence-corrected chi connectivity index (χ0v) is 19.9. The Balaban J connectivity index is 1.70. The Bertz CT molecular complexity index is 1120. The van der Waals surface area contributed by atoms with Crippen LogP contribution in [-0.2, 0) is 0 Å². The molecule has 0 radical (unpaired) electrons. The number of amides is 1. The van der Waals surface area contributed by atoms with Crippen molar-refractivity contribution in [3.05, 3.63) is 62.1 Å². The molecule has 0 atom stereocenters. The highest BCUT2D eigenvalue weighted by molar-refractivity contribution is 7.16. The maximum absolute atomic E-state index is 12.6. The average molecular weight is 475 g/mol. The van der Waals surface area contributed by atoms with Gasteiger partial charge in [0.2, 0.25) is 0 Å². The fraction of sp³-hybridized carbons (Fsp3) is 0.261. The van der Waals surface area contributed by atoms with E-state index in [1.807, 2.05) is 24.4 Å². The first-order valence-corrected chi connectivity index (χ1v) is 11.9. The van der Waals surface area contributed by atoms with Gasteiger partial charge < -0.3 is 10.0 Å². The highest BCUT2D eigenvalue weighted by Gasteiger charge is 2.18. The van der Waals surface area contributed by atoms with Crippen molar-refractivity contribution in [2.45, 2.75) is 20.3 Å². The van der Waals surface area contributed by atoms with Crippen LogP contribution < -0.4 is 0 Å². The molecular formula is C23H23ClN2O3S2. The predicted octanol–water partition coefficient (Wildman–Crippen LogP) is 6.01. The Morgan fingerprint density at radius 3 is 2.48 bits per heavy atom. The minimum Gasteiger partial charge on any atom is -0.506 e. The van der Waals surface area contributed by atoms with Crippen molar-refractivity contribution >= 4 is 51.7 Å². The van der Waals surface area contributed by atoms with Crippen molar-refractivity contribution in [3.8, 4) is 16.2 Å². The lowest BCUT2D eigenvalue weighted by Crippen LogP contribution is -2.26. The summed E-state index contributed by atoms with van der Waals surface area (Å²) >= 11 is 8.53. The van der Waals surface area contributed by atoms with Crippen LogP contribution in [0.3, 0.4) is 0 Å². The van der Waals surface area contributed by atoms with Crippen LogP contribution in [0.2, 0.25) is 5.02 Å². The van der Waals surface area contributed by atoms with Gasteiger partial charge in [-0.2, -0.15) is 0 Å². The highest BCUT2D eigenvalue weighted by atomic mass is 35.5. The third-order valence-corrected chi connectivity index (χ3v) is 7.10. The summed E-state index contributed by atoms with van der Waals surface area (Å²) in [5.41, 5.74) is 2.05. The highest BCUT2D eigenvalue weighted by Crippen LogP contribution is 2.39. The second-order valence-corrected chi connectivity index (χ2v) is 9.45. The monoisotopic (exact) mass is 474 g/mol. The van der Waals surface area contributed by atoms with E-state index in [4.69, 9.17) is 11.6 Å². The van der Waals surface area contributed by atoms with Crippen LogP contribution >= 0.6 is 34.3 Å². The minimum absolute atomic E-state index is 0.0453. The molecule has 5 nitrogen and oxygen atoms in total. The van der Waals surface area contributed by atoms with Crippen LogP contribution in [-0.4, -0.2) is 47.5 Å². The van der Waals surface area contributed by atoms with Crippen molar-refractivity contribution < 1.29 is 14.7 Å². The van der Waals surface area contributed by atoms with Gasteiger partial charge in [0.05, 0.1) is 14.6 Å². The van der Waals surface area contributed by atoms with Crippen LogP contribution in [0.1, 0.15) is 45.2 Å². The lowest BCUT2D eigenvalue weighted by Gasteiger charge is -2.14. The summed E-state index contributed by atoms with van der Waals surface area (Å²) in [5.74, 6) is -0.0957. The number of rotatable bonds is 8. The molecule has 0 saturated heterocycles. The van der Waals surface area contributed by atoms with Crippen LogP contribution in [0.15, 0.2) is 46.8 Å². The lowest BCUT2D eigenvalue weighted by atomic mass is 10.1. The second kappa shape index (κ2) is 10.2. The fourth-order valence-corrected chi connectivity index (χ4v) is 5.06. The van der Waals surface area contributed by atoms with Gasteiger partial charge in [0, 0.05) is 35.3 Å². The summed E-state index contributed by atoms with van der Waals surface area (Å²) in [6, 6.07) is 10.6. The molecule has 0 aliphatic carbocycles. The fourth-order valence-electron chi connectivity index (χ4n) is 3.00. The van der Waals surface area contributed by atoms with E-state index in [2.05, 4.69) is 4.99 Å². The topological polar surface area (TPSA) is 70.0 Å². The number of nitrogens with zero attached hydrogens (tertiary/aromatic N) is 2. The molecule has 0 aliphatic heterocycles. The van der Waals surface area contributed by atoms with E-state index in [0.29, 0.717) is 32.6 Å². The molecule has 2 heterocycles. The maximum Gasteiger partial charge on any atom is 0.263 e. The molecule has 0 spiro atoms. The number of benzene rings is 1. The molecule has 3 rings (SSSR count). The Morgan fingerprint density at radius 1 is 1.13 bits per heavy atom. The first-order chi connectivity index (χ1) is 14.8. The van der Waals surface area contributed by atoms with E-state index in [-0.39, 0.29) is 24.0 Å². The Hall–Kier alpha value is -2.48. The van der Waals surface area contributed by atoms with Crippen molar-refractivity contribution in [2.75, 3.05) is 20.1 Å². The van der Waals surface area contributed by atoms with Crippen molar-refractivity contribution in [1.82, 2.24) is 4.90 Å². The predicted molar refractivity (Wildman–Crippen MR) is 129 cm³/mol. The van der Waals surface area contributed by atoms with Gasteiger partial charge in [-0.05, 0) is 43.2 Å².